The lowest BCUT2D eigenvalue weighted by Crippen LogP contribution is -2.20. The number of carbonyl (C=O) groups is 1. The first kappa shape index (κ1) is 12.8. The third-order valence-corrected chi connectivity index (χ3v) is 4.08. The number of aromatic nitrogens is 2. The Balaban J connectivity index is 2.34. The highest BCUT2D eigenvalue weighted by atomic mass is 32.1. The molecule has 3 N–H and O–H groups in total. The van der Waals surface area contributed by atoms with Crippen molar-refractivity contribution in [3.05, 3.63) is 56.4 Å². The Bertz CT molecular complexity index is 936. The number of primary amides is 1. The van der Waals surface area contributed by atoms with Gasteiger partial charge in [0.25, 0.3) is 5.56 Å². The van der Waals surface area contributed by atoms with E-state index in [-0.39, 0.29) is 10.3 Å². The third-order valence-electron chi connectivity index (χ3n) is 2.90. The van der Waals surface area contributed by atoms with Crippen LogP contribution in [0.5, 0.6) is 0 Å². The van der Waals surface area contributed by atoms with Crippen LogP contribution in [0.1, 0.15) is 10.4 Å². The molecule has 0 aliphatic rings. The largest absolute Gasteiger partial charge is 0.366 e. The zero-order chi connectivity index (χ0) is 14.3. The van der Waals surface area contributed by atoms with Gasteiger partial charge in [0.1, 0.15) is 4.70 Å². The van der Waals surface area contributed by atoms with Crippen molar-refractivity contribution in [2.24, 2.45) is 5.73 Å². The van der Waals surface area contributed by atoms with E-state index < -0.39 is 5.91 Å². The molecular formula is C13H9N3O2S2. The summed E-state index contributed by atoms with van der Waals surface area (Å²) < 4.78 is 2.23. The number of benzene rings is 1. The summed E-state index contributed by atoms with van der Waals surface area (Å²) in [5.41, 5.74) is 6.61. The molecule has 1 amide bonds. The first-order chi connectivity index (χ1) is 9.58. The molecule has 0 saturated heterocycles. The normalized spacial score (nSPS) is 10.8. The molecule has 0 aliphatic heterocycles. The van der Waals surface area contributed by atoms with E-state index in [1.54, 1.807) is 30.3 Å². The predicted octanol–water partition coefficient (Wildman–Crippen LogP) is 2.21. The van der Waals surface area contributed by atoms with Crippen molar-refractivity contribution < 1.29 is 4.79 Å². The molecule has 0 atom stereocenters. The summed E-state index contributed by atoms with van der Waals surface area (Å²) in [4.78, 5) is 26.7. The number of nitrogens with zero attached hydrogens (tertiary/aromatic N) is 1. The van der Waals surface area contributed by atoms with Crippen LogP contribution in [0.25, 0.3) is 15.9 Å². The minimum atomic E-state index is -0.549. The Kier molecular flexibility index (Phi) is 3.00. The van der Waals surface area contributed by atoms with Gasteiger partial charge in [-0.05, 0) is 41.9 Å². The molecule has 3 rings (SSSR count). The van der Waals surface area contributed by atoms with Gasteiger partial charge in [0.15, 0.2) is 4.77 Å². The van der Waals surface area contributed by atoms with Crippen molar-refractivity contribution in [3.63, 3.8) is 0 Å². The fourth-order valence-corrected chi connectivity index (χ4v) is 3.05. The number of carbonyl (C=O) groups excluding carboxylic acids is 1. The molecule has 0 bridgehead atoms. The first-order valence-corrected chi connectivity index (χ1v) is 6.99. The van der Waals surface area contributed by atoms with Gasteiger partial charge in [-0.1, -0.05) is 6.07 Å². The number of rotatable bonds is 2. The first-order valence-electron chi connectivity index (χ1n) is 5.71. The molecule has 0 spiro atoms. The summed E-state index contributed by atoms with van der Waals surface area (Å²) in [6, 6.07) is 8.31. The molecule has 20 heavy (non-hydrogen) atoms. The number of nitrogens with one attached hydrogen (secondary N) is 1. The molecule has 100 valence electrons. The number of hydrogen-bond acceptors (Lipinski definition) is 4. The molecule has 3 aromatic rings. The predicted molar refractivity (Wildman–Crippen MR) is 81.1 cm³/mol. The highest BCUT2D eigenvalue weighted by molar-refractivity contribution is 7.71. The molecule has 0 aliphatic carbocycles. The second-order valence-corrected chi connectivity index (χ2v) is 5.45. The lowest BCUT2D eigenvalue weighted by Gasteiger charge is -2.07. The van der Waals surface area contributed by atoms with Gasteiger partial charge in [0.05, 0.1) is 11.2 Å². The Morgan fingerprint density at radius 2 is 2.15 bits per heavy atom. The van der Waals surface area contributed by atoms with Crippen LogP contribution in [0.4, 0.5) is 0 Å². The molecule has 1 aromatic carbocycles. The fraction of sp³-hybridized carbons (Fsp3) is 0. The van der Waals surface area contributed by atoms with Crippen molar-refractivity contribution in [2.45, 2.75) is 0 Å². The van der Waals surface area contributed by atoms with Gasteiger partial charge in [-0.25, -0.2) is 0 Å². The zero-order valence-electron chi connectivity index (χ0n) is 10.1. The van der Waals surface area contributed by atoms with Crippen LogP contribution in [0.15, 0.2) is 40.5 Å². The molecule has 7 heteroatoms. The number of H-pyrrole nitrogens is 1. The van der Waals surface area contributed by atoms with Crippen LogP contribution in [0.2, 0.25) is 0 Å². The maximum Gasteiger partial charge on any atom is 0.276 e. The molecular weight excluding hydrogens is 294 g/mol. The highest BCUT2D eigenvalue weighted by Crippen LogP contribution is 2.16. The lowest BCUT2D eigenvalue weighted by atomic mass is 10.2. The van der Waals surface area contributed by atoms with Gasteiger partial charge in [0.2, 0.25) is 5.91 Å². The number of thiophene rings is 1. The summed E-state index contributed by atoms with van der Waals surface area (Å²) in [6.45, 7) is 0. The van der Waals surface area contributed by atoms with E-state index in [0.29, 0.717) is 21.5 Å². The lowest BCUT2D eigenvalue weighted by molar-refractivity contribution is 0.100. The van der Waals surface area contributed by atoms with Crippen molar-refractivity contribution in [1.29, 1.82) is 0 Å². The van der Waals surface area contributed by atoms with E-state index in [1.807, 2.05) is 5.38 Å². The van der Waals surface area contributed by atoms with Gasteiger partial charge in [-0.3, -0.25) is 14.2 Å². The maximum absolute atomic E-state index is 12.5. The second kappa shape index (κ2) is 4.69. The maximum atomic E-state index is 12.5. The number of nitrogens with two attached hydrogens (primary N) is 1. The monoisotopic (exact) mass is 303 g/mol. The number of amides is 1. The molecule has 2 heterocycles. The van der Waals surface area contributed by atoms with Crippen LogP contribution < -0.4 is 11.3 Å². The molecule has 0 unspecified atom stereocenters. The van der Waals surface area contributed by atoms with Gasteiger partial charge in [-0.2, -0.15) is 0 Å². The topological polar surface area (TPSA) is 80.9 Å². The smallest absolute Gasteiger partial charge is 0.276 e. The highest BCUT2D eigenvalue weighted by Gasteiger charge is 2.10. The van der Waals surface area contributed by atoms with E-state index in [4.69, 9.17) is 18.0 Å². The van der Waals surface area contributed by atoms with Crippen LogP contribution in [0, 0.1) is 4.77 Å². The van der Waals surface area contributed by atoms with Gasteiger partial charge < -0.3 is 10.7 Å². The van der Waals surface area contributed by atoms with E-state index in [2.05, 4.69) is 4.98 Å². The van der Waals surface area contributed by atoms with Crippen LogP contribution >= 0.6 is 23.6 Å². The molecule has 5 nitrogen and oxygen atoms in total. The van der Waals surface area contributed by atoms with E-state index in [9.17, 15) is 9.59 Å². The van der Waals surface area contributed by atoms with E-state index >= 15 is 0 Å². The molecule has 2 aromatic heterocycles. The van der Waals surface area contributed by atoms with Crippen LogP contribution in [-0.4, -0.2) is 15.5 Å². The summed E-state index contributed by atoms with van der Waals surface area (Å²) in [6.07, 6.45) is 0. The second-order valence-electron chi connectivity index (χ2n) is 4.15. The van der Waals surface area contributed by atoms with E-state index in [1.165, 1.54) is 15.9 Å². The van der Waals surface area contributed by atoms with Crippen molar-refractivity contribution in [3.8, 4) is 5.69 Å². The van der Waals surface area contributed by atoms with Gasteiger partial charge in [0, 0.05) is 5.56 Å². The molecule has 0 fully saturated rings. The molecule has 0 saturated carbocycles. The van der Waals surface area contributed by atoms with Crippen molar-refractivity contribution >= 4 is 39.7 Å². The Labute approximate surface area is 122 Å². The number of hydrogen-bond donors (Lipinski definition) is 2. The zero-order valence-corrected chi connectivity index (χ0v) is 11.8. The van der Waals surface area contributed by atoms with Gasteiger partial charge >= 0.3 is 0 Å². The van der Waals surface area contributed by atoms with Crippen molar-refractivity contribution in [1.82, 2.24) is 9.55 Å². The standard InChI is InChI=1S/C13H9N3O2S2/c14-11(17)7-2-1-3-8(6-7)16-12(18)10-9(4-5-20-10)15-13(16)19/h1-6H,(H2,14,17)(H,15,19). The summed E-state index contributed by atoms with van der Waals surface area (Å²) in [5, 5.41) is 1.82. The third kappa shape index (κ3) is 1.97. The van der Waals surface area contributed by atoms with Crippen molar-refractivity contribution in [2.75, 3.05) is 0 Å². The Morgan fingerprint density at radius 1 is 1.35 bits per heavy atom. The van der Waals surface area contributed by atoms with Crippen LogP contribution in [0.3, 0.4) is 0 Å². The van der Waals surface area contributed by atoms with Gasteiger partial charge in [-0.15, -0.1) is 11.3 Å². The minimum Gasteiger partial charge on any atom is -0.366 e. The minimum absolute atomic E-state index is 0.208. The quantitative estimate of drug-likeness (QED) is 0.712. The summed E-state index contributed by atoms with van der Waals surface area (Å²) in [7, 11) is 0. The SMILES string of the molecule is NC(=O)c1cccc(-n2c(=S)[nH]c3ccsc3c2=O)c1. The average Bonchev–Trinajstić information content (AvgIpc) is 2.87. The fourth-order valence-electron chi connectivity index (χ4n) is 1.97. The Morgan fingerprint density at radius 3 is 2.90 bits per heavy atom. The summed E-state index contributed by atoms with van der Waals surface area (Å²) in [5.74, 6) is -0.549. The summed E-state index contributed by atoms with van der Waals surface area (Å²) >= 11 is 6.56. The van der Waals surface area contributed by atoms with E-state index in [0.717, 1.165) is 0 Å². The average molecular weight is 303 g/mol. The van der Waals surface area contributed by atoms with Crippen LogP contribution in [-0.2, 0) is 0 Å². The molecule has 0 radical (unpaired) electrons. The number of aromatic amines is 1. The number of fused-ring (bicyclic) bond motifs is 1. The Hall–Kier alpha value is -2.25.